The van der Waals surface area contributed by atoms with Crippen molar-refractivity contribution in [3.8, 4) is 0 Å². The van der Waals surface area contributed by atoms with Gasteiger partial charge in [0.15, 0.2) is 11.6 Å². The second kappa shape index (κ2) is 7.42. The fraction of sp³-hybridized carbons (Fsp3) is 0.450. The number of oxazole rings is 1. The van der Waals surface area contributed by atoms with E-state index in [0.29, 0.717) is 23.1 Å². The Morgan fingerprint density at radius 1 is 1.15 bits per heavy atom. The van der Waals surface area contributed by atoms with Crippen LogP contribution >= 0.6 is 0 Å². The van der Waals surface area contributed by atoms with E-state index < -0.39 is 5.91 Å². The Morgan fingerprint density at radius 2 is 1.93 bits per heavy atom. The van der Waals surface area contributed by atoms with Gasteiger partial charge in [-0.15, -0.1) is 0 Å². The molecule has 4 rings (SSSR count). The predicted octanol–water partition coefficient (Wildman–Crippen LogP) is 3.28. The maximum atomic E-state index is 12.5. The largest absolute Gasteiger partial charge is 0.448 e. The molecule has 3 N–H and O–H groups in total. The molecule has 1 aliphatic heterocycles. The van der Waals surface area contributed by atoms with Crippen LogP contribution in [0.15, 0.2) is 28.9 Å². The number of amides is 2. The molecule has 2 fully saturated rings. The summed E-state index contributed by atoms with van der Waals surface area (Å²) in [6.07, 6.45) is 8.07. The van der Waals surface area contributed by atoms with Gasteiger partial charge in [0, 0.05) is 24.7 Å². The number of benzene rings is 1. The third kappa shape index (κ3) is 3.67. The van der Waals surface area contributed by atoms with Gasteiger partial charge in [0.25, 0.3) is 11.8 Å². The van der Waals surface area contributed by atoms with Crippen molar-refractivity contribution in [1.29, 1.82) is 0 Å². The molecule has 1 aromatic heterocycles. The highest BCUT2D eigenvalue weighted by atomic mass is 16.3. The summed E-state index contributed by atoms with van der Waals surface area (Å²) in [4.78, 5) is 30.8. The lowest BCUT2D eigenvalue weighted by Gasteiger charge is -2.30. The molecule has 1 aliphatic carbocycles. The van der Waals surface area contributed by atoms with Crippen LogP contribution < -0.4 is 16.0 Å². The summed E-state index contributed by atoms with van der Waals surface area (Å²) in [5.41, 5.74) is 7.67. The van der Waals surface area contributed by atoms with Crippen molar-refractivity contribution in [2.75, 3.05) is 23.3 Å². The van der Waals surface area contributed by atoms with Crippen molar-refractivity contribution >= 4 is 23.2 Å². The first kappa shape index (κ1) is 17.6. The third-order valence-electron chi connectivity index (χ3n) is 5.43. The molecule has 1 saturated heterocycles. The first-order chi connectivity index (χ1) is 13.1. The second-order valence-electron chi connectivity index (χ2n) is 7.30. The van der Waals surface area contributed by atoms with Crippen LogP contribution in [0.2, 0.25) is 0 Å². The summed E-state index contributed by atoms with van der Waals surface area (Å²) in [5.74, 6) is 0.201. The van der Waals surface area contributed by atoms with Gasteiger partial charge in [-0.25, -0.2) is 4.98 Å². The zero-order valence-corrected chi connectivity index (χ0v) is 15.2. The molecule has 27 heavy (non-hydrogen) atoms. The van der Waals surface area contributed by atoms with Crippen LogP contribution in [0.1, 0.15) is 71.2 Å². The Bertz CT molecular complexity index is 851. The summed E-state index contributed by atoms with van der Waals surface area (Å²) < 4.78 is 5.46. The minimum absolute atomic E-state index is 0.274. The number of primary amides is 1. The quantitative estimate of drug-likeness (QED) is 0.843. The van der Waals surface area contributed by atoms with E-state index in [1.807, 2.05) is 6.07 Å². The Labute approximate surface area is 157 Å². The molecule has 2 amide bonds. The molecule has 0 radical (unpaired) electrons. The number of rotatable bonds is 5. The number of nitrogens with zero attached hydrogens (tertiary/aromatic N) is 2. The fourth-order valence-corrected chi connectivity index (χ4v) is 3.64. The van der Waals surface area contributed by atoms with Gasteiger partial charge in [-0.1, -0.05) is 6.42 Å². The van der Waals surface area contributed by atoms with Gasteiger partial charge < -0.3 is 20.4 Å². The maximum absolute atomic E-state index is 12.5. The predicted molar refractivity (Wildman–Crippen MR) is 102 cm³/mol. The molecule has 1 aromatic carbocycles. The molecule has 0 atom stereocenters. The van der Waals surface area contributed by atoms with Gasteiger partial charge in [-0.2, -0.15) is 0 Å². The zero-order valence-electron chi connectivity index (χ0n) is 15.2. The average molecular weight is 368 g/mol. The molecule has 0 bridgehead atoms. The topological polar surface area (TPSA) is 101 Å². The van der Waals surface area contributed by atoms with E-state index in [2.05, 4.69) is 15.2 Å². The Balaban J connectivity index is 1.53. The number of carbonyl (C=O) groups is 2. The number of hydrogen-bond acceptors (Lipinski definition) is 5. The highest BCUT2D eigenvalue weighted by molar-refractivity contribution is 6.04. The monoisotopic (exact) mass is 368 g/mol. The third-order valence-corrected chi connectivity index (χ3v) is 5.43. The van der Waals surface area contributed by atoms with Crippen LogP contribution in [0.5, 0.6) is 0 Å². The van der Waals surface area contributed by atoms with E-state index in [1.165, 1.54) is 19.1 Å². The van der Waals surface area contributed by atoms with E-state index >= 15 is 0 Å². The van der Waals surface area contributed by atoms with Gasteiger partial charge in [-0.3, -0.25) is 9.59 Å². The number of aromatic nitrogens is 1. The first-order valence-electron chi connectivity index (χ1n) is 9.57. The molecular formula is C20H24N4O3. The van der Waals surface area contributed by atoms with Crippen molar-refractivity contribution in [2.45, 2.75) is 44.4 Å². The van der Waals surface area contributed by atoms with E-state index in [0.717, 1.165) is 44.5 Å². The molecule has 142 valence electrons. The van der Waals surface area contributed by atoms with Crippen LogP contribution in [-0.4, -0.2) is 29.9 Å². The molecule has 7 heteroatoms. The number of hydrogen-bond donors (Lipinski definition) is 2. The standard InChI is InChI=1S/C20H24N4O3/c21-18(25)15-8-7-14(11-17(15)24-9-2-1-3-10-24)22-19(26)16-12-27-20(23-16)13-5-4-6-13/h7-8,11-13H,1-6,9-10H2,(H2,21,25)(H,22,26). The van der Waals surface area contributed by atoms with Crippen molar-refractivity contribution in [3.63, 3.8) is 0 Å². The van der Waals surface area contributed by atoms with Crippen molar-refractivity contribution in [1.82, 2.24) is 4.98 Å². The van der Waals surface area contributed by atoms with E-state index in [-0.39, 0.29) is 11.6 Å². The second-order valence-corrected chi connectivity index (χ2v) is 7.30. The summed E-state index contributed by atoms with van der Waals surface area (Å²) in [5, 5.41) is 2.85. The lowest BCUT2D eigenvalue weighted by atomic mass is 9.85. The number of nitrogens with one attached hydrogen (secondary N) is 1. The van der Waals surface area contributed by atoms with Gasteiger partial charge in [0.2, 0.25) is 0 Å². The number of piperidine rings is 1. The molecule has 2 aromatic rings. The van der Waals surface area contributed by atoms with Crippen molar-refractivity contribution < 1.29 is 14.0 Å². The van der Waals surface area contributed by atoms with Gasteiger partial charge in [0.1, 0.15) is 6.26 Å². The summed E-state index contributed by atoms with van der Waals surface area (Å²) in [6, 6.07) is 5.18. The minimum Gasteiger partial charge on any atom is -0.448 e. The molecule has 0 spiro atoms. The summed E-state index contributed by atoms with van der Waals surface area (Å²) in [7, 11) is 0. The molecule has 1 saturated carbocycles. The molecule has 7 nitrogen and oxygen atoms in total. The smallest absolute Gasteiger partial charge is 0.277 e. The van der Waals surface area contributed by atoms with E-state index in [9.17, 15) is 9.59 Å². The van der Waals surface area contributed by atoms with Crippen LogP contribution in [0, 0.1) is 0 Å². The minimum atomic E-state index is -0.463. The normalized spacial score (nSPS) is 17.4. The Kier molecular flexibility index (Phi) is 4.83. The summed E-state index contributed by atoms with van der Waals surface area (Å²) >= 11 is 0. The number of carbonyl (C=O) groups excluding carboxylic acids is 2. The highest BCUT2D eigenvalue weighted by Gasteiger charge is 2.26. The van der Waals surface area contributed by atoms with E-state index in [1.54, 1.807) is 12.1 Å². The first-order valence-corrected chi connectivity index (χ1v) is 9.57. The Morgan fingerprint density at radius 3 is 2.59 bits per heavy atom. The SMILES string of the molecule is NC(=O)c1ccc(NC(=O)c2coc(C3CCC3)n2)cc1N1CCCCC1. The number of nitrogens with two attached hydrogens (primary N) is 1. The van der Waals surface area contributed by atoms with Gasteiger partial charge in [0.05, 0.1) is 11.3 Å². The molecule has 2 heterocycles. The van der Waals surface area contributed by atoms with Crippen LogP contribution in [0.4, 0.5) is 11.4 Å². The van der Waals surface area contributed by atoms with Gasteiger partial charge >= 0.3 is 0 Å². The lowest BCUT2D eigenvalue weighted by Crippen LogP contribution is -2.31. The highest BCUT2D eigenvalue weighted by Crippen LogP contribution is 2.35. The van der Waals surface area contributed by atoms with Crippen molar-refractivity contribution in [3.05, 3.63) is 41.6 Å². The van der Waals surface area contributed by atoms with Crippen molar-refractivity contribution in [2.24, 2.45) is 5.73 Å². The van der Waals surface area contributed by atoms with Crippen LogP contribution in [0.3, 0.4) is 0 Å². The van der Waals surface area contributed by atoms with Crippen LogP contribution in [-0.2, 0) is 0 Å². The van der Waals surface area contributed by atoms with Gasteiger partial charge in [-0.05, 0) is 50.3 Å². The molecule has 0 unspecified atom stereocenters. The summed E-state index contributed by atoms with van der Waals surface area (Å²) in [6.45, 7) is 1.76. The fourth-order valence-electron chi connectivity index (χ4n) is 3.64. The average Bonchev–Trinajstić information content (AvgIpc) is 3.10. The maximum Gasteiger partial charge on any atom is 0.277 e. The zero-order chi connectivity index (χ0) is 18.8. The number of anilines is 2. The van der Waals surface area contributed by atoms with Crippen LogP contribution in [0.25, 0.3) is 0 Å². The van der Waals surface area contributed by atoms with E-state index in [4.69, 9.17) is 10.2 Å². The Hall–Kier alpha value is -2.83. The lowest BCUT2D eigenvalue weighted by molar-refractivity contribution is 0.0998. The molecule has 2 aliphatic rings. The molecular weight excluding hydrogens is 344 g/mol.